The van der Waals surface area contributed by atoms with Gasteiger partial charge >= 0.3 is 0 Å². The minimum absolute atomic E-state index is 0.0455. The lowest BCUT2D eigenvalue weighted by Crippen LogP contribution is -2.66. The Kier molecular flexibility index (Phi) is 18.0. The summed E-state index contributed by atoms with van der Waals surface area (Å²) in [6.45, 7) is 16.0. The van der Waals surface area contributed by atoms with Crippen molar-refractivity contribution in [2.45, 2.75) is 89.4 Å². The van der Waals surface area contributed by atoms with E-state index in [1.54, 1.807) is 35.6 Å². The van der Waals surface area contributed by atoms with Gasteiger partial charge < -0.3 is 56.6 Å². The van der Waals surface area contributed by atoms with Crippen LogP contribution in [0.4, 0.5) is 0 Å². The molecule has 2 aromatic heterocycles. The van der Waals surface area contributed by atoms with Gasteiger partial charge in [0, 0.05) is 56.1 Å². The molecule has 2 unspecified atom stereocenters. The van der Waals surface area contributed by atoms with Gasteiger partial charge in [0.15, 0.2) is 5.76 Å². The largest absolute Gasteiger partial charge is 0.507 e. The van der Waals surface area contributed by atoms with E-state index in [2.05, 4.69) is 52.9 Å². The lowest BCUT2D eigenvalue weighted by Gasteiger charge is -2.50. The van der Waals surface area contributed by atoms with Crippen molar-refractivity contribution in [3.05, 3.63) is 100 Å². The number of thiazole rings is 1. The number of para-hydroxylation sites is 1. The van der Waals surface area contributed by atoms with Crippen LogP contribution in [0.3, 0.4) is 0 Å². The van der Waals surface area contributed by atoms with E-state index in [4.69, 9.17) is 25.8 Å². The number of benzene rings is 2. The van der Waals surface area contributed by atoms with Crippen molar-refractivity contribution in [1.29, 1.82) is 0 Å². The third kappa shape index (κ3) is 13.6. The molecule has 66 heavy (non-hydrogen) atoms. The van der Waals surface area contributed by atoms with E-state index >= 15 is 0 Å². The van der Waals surface area contributed by atoms with Gasteiger partial charge in [0.25, 0.3) is 5.88 Å². The van der Waals surface area contributed by atoms with Gasteiger partial charge in [-0.15, -0.1) is 11.3 Å². The second-order valence-corrected chi connectivity index (χ2v) is 19.1. The van der Waals surface area contributed by atoms with Crippen LogP contribution in [0, 0.1) is 12.8 Å². The fraction of sp³-hybridized carbons (Fsp3) is 0.510. The van der Waals surface area contributed by atoms with E-state index < -0.39 is 0 Å². The Labute approximate surface area is 393 Å². The number of aliphatic hydroxyl groups is 1. The average Bonchev–Trinajstić information content (AvgIpc) is 4.07. The van der Waals surface area contributed by atoms with Crippen molar-refractivity contribution in [1.82, 2.24) is 40.8 Å². The van der Waals surface area contributed by atoms with Gasteiger partial charge in [-0.25, -0.2) is 4.98 Å². The molecule has 16 nitrogen and oxygen atoms in total. The normalized spacial score (nSPS) is 21.7. The van der Waals surface area contributed by atoms with Crippen LogP contribution in [-0.2, 0) is 9.59 Å². The number of likely N-dealkylation sites (tertiary alicyclic amines) is 3. The molecule has 6 heterocycles. The zero-order valence-corrected chi connectivity index (χ0v) is 39.9. The summed E-state index contributed by atoms with van der Waals surface area (Å²) >= 11 is 1.64. The molecule has 1 spiro atoms. The van der Waals surface area contributed by atoms with Gasteiger partial charge in [-0.1, -0.05) is 50.2 Å². The number of amides is 1. The number of aliphatic hydroxyl groups excluding tert-OH is 1. The lowest BCUT2D eigenvalue weighted by atomic mass is 9.85. The van der Waals surface area contributed by atoms with E-state index in [1.807, 2.05) is 64.5 Å². The molecule has 4 aromatic rings. The Bertz CT molecular complexity index is 2210. The number of aromatic hydroxyl groups is 1. The first-order chi connectivity index (χ1) is 31.8. The predicted octanol–water partition coefficient (Wildman–Crippen LogP) is 4.93. The number of β-amino-alcohol motifs (C(OH)–C–C–N with tert-alkyl or cyclic N) is 1. The number of aryl methyl sites for hydroxylation is 1. The van der Waals surface area contributed by atoms with Gasteiger partial charge in [0.2, 0.25) is 6.41 Å². The molecule has 2 aromatic carbocycles. The monoisotopic (exact) mass is 927 g/mol. The van der Waals surface area contributed by atoms with E-state index in [9.17, 15) is 14.7 Å². The maximum atomic E-state index is 11.4. The Morgan fingerprint density at radius 3 is 2.47 bits per heavy atom. The molecule has 1 amide bonds. The van der Waals surface area contributed by atoms with Crippen molar-refractivity contribution < 1.29 is 29.1 Å². The van der Waals surface area contributed by atoms with Crippen LogP contribution in [0.25, 0.3) is 16.1 Å². The number of aromatic nitrogens is 2. The molecule has 4 aliphatic rings. The molecular weight excluding hydrogens is 857 g/mol. The van der Waals surface area contributed by atoms with Gasteiger partial charge in [0.1, 0.15) is 24.5 Å². The van der Waals surface area contributed by atoms with Crippen LogP contribution in [0.1, 0.15) is 87.4 Å². The zero-order chi connectivity index (χ0) is 47.2. The van der Waals surface area contributed by atoms with Crippen LogP contribution >= 0.6 is 11.3 Å². The minimum Gasteiger partial charge on any atom is -0.507 e. The number of allylic oxidation sites excluding steroid dienone is 1. The number of aldehydes is 1. The van der Waals surface area contributed by atoms with Crippen LogP contribution < -0.4 is 32.2 Å². The Morgan fingerprint density at radius 1 is 1.09 bits per heavy atom. The second-order valence-electron chi connectivity index (χ2n) is 18.3. The van der Waals surface area contributed by atoms with Gasteiger partial charge in [-0.2, -0.15) is 0 Å². The predicted molar refractivity (Wildman–Crippen MR) is 259 cm³/mol. The average molecular weight is 927 g/mol. The number of phenolic OH excluding ortho intramolecular Hbond substituents is 1. The number of nitrogens with one attached hydrogen (secondary N) is 3. The fourth-order valence-electron chi connectivity index (χ4n) is 9.00. The smallest absolute Gasteiger partial charge is 0.254 e. The topological polar surface area (TPSA) is 221 Å². The maximum absolute atomic E-state index is 11.4. The summed E-state index contributed by atoms with van der Waals surface area (Å²) in [6.07, 6.45) is 8.73. The molecule has 0 aliphatic carbocycles. The van der Waals surface area contributed by atoms with Crippen LogP contribution in [0.2, 0.25) is 0 Å². The van der Waals surface area contributed by atoms with Crippen molar-refractivity contribution in [2.75, 3.05) is 66.0 Å². The number of hydrogen-bond donors (Lipinski definition) is 7. The van der Waals surface area contributed by atoms with Crippen molar-refractivity contribution >= 4 is 29.7 Å². The first-order valence-electron chi connectivity index (χ1n) is 23.1. The molecule has 3 fully saturated rings. The van der Waals surface area contributed by atoms with Crippen LogP contribution in [0.5, 0.6) is 11.6 Å². The van der Waals surface area contributed by atoms with E-state index in [0.29, 0.717) is 41.4 Å². The molecular formula is C49H70N10O6S. The molecule has 0 radical (unpaired) electrons. The Balaban J connectivity index is 0.000000244. The molecule has 0 saturated carbocycles. The third-order valence-electron chi connectivity index (χ3n) is 13.0. The molecule has 358 valence electrons. The molecule has 4 aliphatic heterocycles. The highest BCUT2D eigenvalue weighted by Gasteiger charge is 2.41. The summed E-state index contributed by atoms with van der Waals surface area (Å²) in [4.78, 5) is 34.4. The maximum Gasteiger partial charge on any atom is 0.254 e. The molecule has 17 heteroatoms. The molecule has 8 rings (SSSR count). The summed E-state index contributed by atoms with van der Waals surface area (Å²) < 4.78 is 11.2. The summed E-state index contributed by atoms with van der Waals surface area (Å²) in [6, 6.07) is 17.6. The number of rotatable bonds is 14. The number of piperidine rings is 2. The molecule has 0 bridgehead atoms. The van der Waals surface area contributed by atoms with Crippen molar-refractivity contribution in [3.63, 3.8) is 0 Å². The highest BCUT2D eigenvalue weighted by molar-refractivity contribution is 7.13. The number of nitrogens with two attached hydrogens (primary N) is 2. The zero-order valence-electron chi connectivity index (χ0n) is 39.1. The van der Waals surface area contributed by atoms with E-state index in [1.165, 1.54) is 10.4 Å². The lowest BCUT2D eigenvalue weighted by molar-refractivity contribution is -0.111. The first kappa shape index (κ1) is 50.0. The van der Waals surface area contributed by atoms with Gasteiger partial charge in [0.05, 0.1) is 45.4 Å². The van der Waals surface area contributed by atoms with Crippen LogP contribution in [-0.4, -0.2) is 131 Å². The van der Waals surface area contributed by atoms with Crippen molar-refractivity contribution in [2.24, 2.45) is 17.4 Å². The quantitative estimate of drug-likeness (QED) is 0.0835. The van der Waals surface area contributed by atoms with E-state index in [-0.39, 0.29) is 35.3 Å². The van der Waals surface area contributed by atoms with Gasteiger partial charge in [-0.05, 0) is 113 Å². The standard InChI is InChI=1S/C31H45N7O4.C13H14N2OS.C5H11NO/c1-21(2)24(18-39)28-17-29(36-42-28)41-15-14-37-12-8-22(9-13-37)38-11-5-10-31(20-38)19-34-30(33)26(35-31)16-25(32)23-6-3-4-7-27(23)40;1-9(14-7-16)11-3-5-12(6-4-11)13-10(2)15-8-17-13;1-6-3-2-5(7)4-6/h3-4,6-7,16-18,21-22,24,34-35,40H,5,8-15,19-20,32-33H2,1-2H3;3-9H,1-2H3,(H,14,16);5,7H,2-4H2,1H3/b25-16-;;/t24-,31?;9-;/m10./s1. The Morgan fingerprint density at radius 2 is 1.85 bits per heavy atom. The molecule has 3 saturated heterocycles. The summed E-state index contributed by atoms with van der Waals surface area (Å²) in [5.41, 5.74) is 19.6. The van der Waals surface area contributed by atoms with Crippen molar-refractivity contribution in [3.8, 4) is 22.1 Å². The van der Waals surface area contributed by atoms with Gasteiger partial charge in [-0.3, -0.25) is 14.6 Å². The highest BCUT2D eigenvalue weighted by atomic mass is 32.1. The summed E-state index contributed by atoms with van der Waals surface area (Å²) in [7, 11) is 2.02. The van der Waals surface area contributed by atoms with Crippen LogP contribution in [0.15, 0.2) is 82.2 Å². The number of phenols is 1. The second kappa shape index (κ2) is 23.8. The number of likely N-dealkylation sites (N-methyl/N-ethyl adjacent to an activating group) is 1. The van der Waals surface area contributed by atoms with E-state index in [0.717, 1.165) is 114 Å². The number of ether oxygens (including phenoxy) is 1. The Hall–Kier alpha value is -5.46. The number of hydrogen-bond acceptors (Lipinski definition) is 16. The molecule has 9 N–H and O–H groups in total. The SMILES string of the molecule is CC(C)[C@@H](C=O)c1cc(OCCN2CCC(N3CCCC4(CNC(N)=C(/C=C(\N)c5ccccc5O)N4)C3)CC2)no1.CN1CCC(O)C1.Cc1ncsc1-c1ccc([C@H](C)NC=O)cc1. The minimum atomic E-state index is -0.305. The molecule has 4 atom stereocenters. The number of carbonyl (C=O) groups excluding carboxylic acids is 2. The number of carbonyl (C=O) groups is 2. The fourth-order valence-corrected chi connectivity index (χ4v) is 9.81. The first-order valence-corrected chi connectivity index (χ1v) is 24.0. The number of nitrogens with zero attached hydrogens (tertiary/aromatic N) is 5. The summed E-state index contributed by atoms with van der Waals surface area (Å²) in [5.74, 6) is 1.54. The highest BCUT2D eigenvalue weighted by Crippen LogP contribution is 2.32. The summed E-state index contributed by atoms with van der Waals surface area (Å²) in [5, 5.41) is 32.9. The third-order valence-corrected chi connectivity index (χ3v) is 13.9.